The summed E-state index contributed by atoms with van der Waals surface area (Å²) < 4.78 is 5.66. The Labute approximate surface area is 115 Å². The van der Waals surface area contributed by atoms with Gasteiger partial charge in [0.05, 0.1) is 5.02 Å². The molecule has 0 aliphatic carbocycles. The van der Waals surface area contributed by atoms with Gasteiger partial charge >= 0.3 is 0 Å². The maximum atomic E-state index is 6.05. The van der Waals surface area contributed by atoms with Crippen LogP contribution >= 0.6 is 23.2 Å². The Hall–Kier alpha value is -1.42. The number of benzene rings is 2. The van der Waals surface area contributed by atoms with E-state index >= 15 is 0 Å². The minimum atomic E-state index is 0.422. The molecular formula is C13H12Cl2N2O. The first kappa shape index (κ1) is 13.0. The zero-order valence-electron chi connectivity index (χ0n) is 9.49. The number of nitrogen functional groups attached to an aromatic ring is 1. The van der Waals surface area contributed by atoms with Crippen molar-refractivity contribution in [1.82, 2.24) is 0 Å². The van der Waals surface area contributed by atoms with Crippen molar-refractivity contribution in [2.24, 2.45) is 5.73 Å². The van der Waals surface area contributed by atoms with Crippen LogP contribution in [-0.4, -0.2) is 0 Å². The maximum absolute atomic E-state index is 6.05. The molecule has 0 heterocycles. The van der Waals surface area contributed by atoms with Gasteiger partial charge in [-0.1, -0.05) is 29.3 Å². The summed E-state index contributed by atoms with van der Waals surface area (Å²) in [6, 6.07) is 10.4. The first-order chi connectivity index (χ1) is 8.58. The van der Waals surface area contributed by atoms with Crippen molar-refractivity contribution in [2.75, 3.05) is 5.73 Å². The van der Waals surface area contributed by atoms with Crippen molar-refractivity contribution in [3.63, 3.8) is 0 Å². The van der Waals surface area contributed by atoms with Gasteiger partial charge in [0, 0.05) is 23.3 Å². The Morgan fingerprint density at radius 3 is 2.50 bits per heavy atom. The second-order valence-electron chi connectivity index (χ2n) is 3.79. The summed E-state index contributed by atoms with van der Waals surface area (Å²) in [6.07, 6.45) is 0. The fraction of sp³-hybridized carbons (Fsp3) is 0.0769. The van der Waals surface area contributed by atoms with E-state index in [1.807, 2.05) is 6.07 Å². The highest BCUT2D eigenvalue weighted by molar-refractivity contribution is 6.32. The third-order valence-electron chi connectivity index (χ3n) is 2.35. The van der Waals surface area contributed by atoms with Crippen molar-refractivity contribution in [3.05, 3.63) is 52.0 Å². The van der Waals surface area contributed by atoms with Gasteiger partial charge in [-0.15, -0.1) is 0 Å². The van der Waals surface area contributed by atoms with E-state index in [4.69, 9.17) is 39.4 Å². The fourth-order valence-corrected chi connectivity index (χ4v) is 1.91. The van der Waals surface area contributed by atoms with Crippen molar-refractivity contribution in [1.29, 1.82) is 0 Å². The van der Waals surface area contributed by atoms with Gasteiger partial charge in [-0.3, -0.25) is 0 Å². The molecule has 2 aromatic carbocycles. The van der Waals surface area contributed by atoms with E-state index < -0.39 is 0 Å². The molecule has 0 amide bonds. The van der Waals surface area contributed by atoms with E-state index in [0.29, 0.717) is 33.8 Å². The molecule has 0 spiro atoms. The fourth-order valence-electron chi connectivity index (χ4n) is 1.52. The number of rotatable bonds is 3. The minimum absolute atomic E-state index is 0.422. The monoisotopic (exact) mass is 282 g/mol. The molecule has 0 saturated heterocycles. The van der Waals surface area contributed by atoms with Gasteiger partial charge in [0.25, 0.3) is 0 Å². The van der Waals surface area contributed by atoms with Gasteiger partial charge in [-0.05, 0) is 29.8 Å². The molecule has 0 radical (unpaired) electrons. The topological polar surface area (TPSA) is 61.3 Å². The molecule has 0 fully saturated rings. The number of hydrogen-bond acceptors (Lipinski definition) is 3. The van der Waals surface area contributed by atoms with Crippen LogP contribution in [0.4, 0.5) is 5.69 Å². The van der Waals surface area contributed by atoms with E-state index in [1.165, 1.54) is 0 Å². The van der Waals surface area contributed by atoms with Crippen LogP contribution < -0.4 is 16.2 Å². The van der Waals surface area contributed by atoms with E-state index in [2.05, 4.69) is 0 Å². The largest absolute Gasteiger partial charge is 0.456 e. The Morgan fingerprint density at radius 2 is 1.83 bits per heavy atom. The van der Waals surface area contributed by atoms with Crippen LogP contribution in [0, 0.1) is 0 Å². The predicted octanol–water partition coefficient (Wildman–Crippen LogP) is 3.83. The molecule has 0 unspecified atom stereocenters. The van der Waals surface area contributed by atoms with Crippen molar-refractivity contribution in [2.45, 2.75) is 6.54 Å². The van der Waals surface area contributed by atoms with Crippen LogP contribution in [0.3, 0.4) is 0 Å². The summed E-state index contributed by atoms with van der Waals surface area (Å²) in [5.74, 6) is 1.07. The number of hydrogen-bond donors (Lipinski definition) is 2. The molecule has 5 heteroatoms. The summed E-state index contributed by atoms with van der Waals surface area (Å²) in [4.78, 5) is 0. The average Bonchev–Trinajstić information content (AvgIpc) is 2.30. The predicted molar refractivity (Wildman–Crippen MR) is 75.3 cm³/mol. The SMILES string of the molecule is NCc1ccc(Cl)c(Oc2cc(N)cc(Cl)c2)c1. The summed E-state index contributed by atoms with van der Waals surface area (Å²) >= 11 is 12.0. The molecule has 4 N–H and O–H groups in total. The number of halogens is 2. The van der Waals surface area contributed by atoms with E-state index in [-0.39, 0.29) is 0 Å². The van der Waals surface area contributed by atoms with Crippen LogP contribution in [0.25, 0.3) is 0 Å². The maximum Gasteiger partial charge on any atom is 0.146 e. The normalized spacial score (nSPS) is 10.4. The summed E-state index contributed by atoms with van der Waals surface area (Å²) in [5.41, 5.74) is 12.7. The smallest absolute Gasteiger partial charge is 0.146 e. The zero-order valence-corrected chi connectivity index (χ0v) is 11.0. The van der Waals surface area contributed by atoms with E-state index in [0.717, 1.165) is 5.56 Å². The molecule has 2 rings (SSSR count). The molecule has 18 heavy (non-hydrogen) atoms. The van der Waals surface area contributed by atoms with Crippen molar-refractivity contribution < 1.29 is 4.74 Å². The summed E-state index contributed by atoms with van der Waals surface area (Å²) in [5, 5.41) is 1.02. The van der Waals surface area contributed by atoms with Gasteiger partial charge < -0.3 is 16.2 Å². The van der Waals surface area contributed by atoms with Gasteiger partial charge in [-0.25, -0.2) is 0 Å². The van der Waals surface area contributed by atoms with E-state index in [1.54, 1.807) is 30.3 Å². The molecule has 0 aromatic heterocycles. The highest BCUT2D eigenvalue weighted by Gasteiger charge is 2.06. The second-order valence-corrected chi connectivity index (χ2v) is 4.63. The lowest BCUT2D eigenvalue weighted by molar-refractivity contribution is 0.482. The molecule has 0 bridgehead atoms. The molecule has 94 valence electrons. The lowest BCUT2D eigenvalue weighted by Crippen LogP contribution is -1.97. The Morgan fingerprint density at radius 1 is 1.06 bits per heavy atom. The molecule has 3 nitrogen and oxygen atoms in total. The van der Waals surface area contributed by atoms with Crippen molar-refractivity contribution in [3.8, 4) is 11.5 Å². The highest BCUT2D eigenvalue weighted by atomic mass is 35.5. The van der Waals surface area contributed by atoms with Crippen LogP contribution in [0.5, 0.6) is 11.5 Å². The third-order valence-corrected chi connectivity index (χ3v) is 2.88. The second kappa shape index (κ2) is 5.48. The number of nitrogens with two attached hydrogens (primary N) is 2. The van der Waals surface area contributed by atoms with Crippen LogP contribution in [-0.2, 0) is 6.54 Å². The Kier molecular flexibility index (Phi) is 3.97. The van der Waals surface area contributed by atoms with Crippen LogP contribution in [0.15, 0.2) is 36.4 Å². The molecule has 2 aromatic rings. The molecule has 0 aliphatic rings. The number of ether oxygens (including phenoxy) is 1. The summed E-state index contributed by atoms with van der Waals surface area (Å²) in [6.45, 7) is 0.422. The van der Waals surface area contributed by atoms with Crippen molar-refractivity contribution >= 4 is 28.9 Å². The third kappa shape index (κ3) is 3.07. The van der Waals surface area contributed by atoms with Gasteiger partial charge in [0.15, 0.2) is 0 Å². The van der Waals surface area contributed by atoms with Gasteiger partial charge in [0.2, 0.25) is 0 Å². The zero-order chi connectivity index (χ0) is 13.1. The van der Waals surface area contributed by atoms with Gasteiger partial charge in [0.1, 0.15) is 11.5 Å². The minimum Gasteiger partial charge on any atom is -0.456 e. The molecule has 0 aliphatic heterocycles. The first-order valence-corrected chi connectivity index (χ1v) is 6.06. The standard InChI is InChI=1S/C13H12Cl2N2O/c14-9-4-10(17)6-11(5-9)18-13-3-8(7-16)1-2-12(13)15/h1-6H,7,16-17H2. The van der Waals surface area contributed by atoms with Crippen LogP contribution in [0.2, 0.25) is 10.0 Å². The molecule has 0 saturated carbocycles. The molecular weight excluding hydrogens is 271 g/mol. The van der Waals surface area contributed by atoms with Gasteiger partial charge in [-0.2, -0.15) is 0 Å². The Balaban J connectivity index is 2.33. The lowest BCUT2D eigenvalue weighted by Gasteiger charge is -2.10. The lowest BCUT2D eigenvalue weighted by atomic mass is 10.2. The quantitative estimate of drug-likeness (QED) is 0.841. The van der Waals surface area contributed by atoms with E-state index in [9.17, 15) is 0 Å². The molecule has 0 atom stereocenters. The average molecular weight is 283 g/mol. The summed E-state index contributed by atoms with van der Waals surface area (Å²) in [7, 11) is 0. The Bertz CT molecular complexity index is 553. The van der Waals surface area contributed by atoms with Crippen LogP contribution in [0.1, 0.15) is 5.56 Å². The number of anilines is 1. The first-order valence-electron chi connectivity index (χ1n) is 5.31. The highest BCUT2D eigenvalue weighted by Crippen LogP contribution is 2.32.